The SMILES string of the molecule is CCOC[C@@]1(O)CCC[C@H](C)[C@@H](C)S(=O)(=O)NC(=O)c2ccc3c(c2)N(C[C@@H]2CC[C@H]21)C[C@@]1(CCCc2cc(Cl)ccc21)CO3. The molecular formula is C35H47ClN2O6S. The number of rotatable bonds is 3. The van der Waals surface area contributed by atoms with Gasteiger partial charge in [0.05, 0.1) is 29.8 Å². The molecule has 0 unspecified atom stereocenters. The molecule has 1 amide bonds. The summed E-state index contributed by atoms with van der Waals surface area (Å²) in [5.74, 6) is 0.135. The summed E-state index contributed by atoms with van der Waals surface area (Å²) in [5, 5.41) is 12.1. The second-order valence-corrected chi connectivity index (χ2v) is 16.5. The number of aryl methyl sites for hydroxylation is 1. The molecule has 1 spiro atoms. The molecule has 45 heavy (non-hydrogen) atoms. The molecule has 4 aliphatic rings. The van der Waals surface area contributed by atoms with E-state index in [9.17, 15) is 18.3 Å². The summed E-state index contributed by atoms with van der Waals surface area (Å²) in [6.45, 7) is 8.15. The number of nitrogens with one attached hydrogen (secondary N) is 1. The van der Waals surface area contributed by atoms with Crippen molar-refractivity contribution in [1.82, 2.24) is 4.72 Å². The molecule has 8 nitrogen and oxygen atoms in total. The van der Waals surface area contributed by atoms with Crippen LogP contribution in [0.5, 0.6) is 5.75 Å². The predicted molar refractivity (Wildman–Crippen MR) is 177 cm³/mol. The van der Waals surface area contributed by atoms with Crippen molar-refractivity contribution in [2.45, 2.75) is 88.4 Å². The molecule has 2 heterocycles. The third-order valence-electron chi connectivity index (χ3n) is 11.2. The number of hydrogen-bond donors (Lipinski definition) is 2. The number of carbonyl (C=O) groups excluding carboxylic acids is 1. The van der Waals surface area contributed by atoms with Gasteiger partial charge in [0.1, 0.15) is 5.75 Å². The minimum atomic E-state index is -3.93. The summed E-state index contributed by atoms with van der Waals surface area (Å²) in [4.78, 5) is 15.8. The zero-order valence-corrected chi connectivity index (χ0v) is 28.3. The van der Waals surface area contributed by atoms with Crippen molar-refractivity contribution in [2.24, 2.45) is 17.8 Å². The van der Waals surface area contributed by atoms with Gasteiger partial charge in [-0.15, -0.1) is 0 Å². The lowest BCUT2D eigenvalue weighted by atomic mass is 9.63. The van der Waals surface area contributed by atoms with E-state index >= 15 is 0 Å². The molecule has 2 aliphatic heterocycles. The Bertz CT molecular complexity index is 1530. The quantitative estimate of drug-likeness (QED) is 0.425. The van der Waals surface area contributed by atoms with Crippen molar-refractivity contribution in [3.05, 3.63) is 58.1 Å². The highest BCUT2D eigenvalue weighted by Gasteiger charge is 2.49. The second kappa shape index (κ2) is 12.7. The van der Waals surface area contributed by atoms with Crippen LogP contribution in [-0.2, 0) is 26.6 Å². The van der Waals surface area contributed by atoms with Gasteiger partial charge in [0.2, 0.25) is 10.0 Å². The van der Waals surface area contributed by atoms with E-state index < -0.39 is 26.8 Å². The molecule has 1 saturated carbocycles. The third-order valence-corrected chi connectivity index (χ3v) is 13.4. The van der Waals surface area contributed by atoms with E-state index in [-0.39, 0.29) is 35.3 Å². The van der Waals surface area contributed by atoms with Gasteiger partial charge in [0.25, 0.3) is 5.91 Å². The van der Waals surface area contributed by atoms with Gasteiger partial charge >= 0.3 is 0 Å². The molecule has 1 fully saturated rings. The molecule has 2 bridgehead atoms. The number of carbonyl (C=O) groups is 1. The molecule has 2 aromatic rings. The molecule has 246 valence electrons. The van der Waals surface area contributed by atoms with Crippen LogP contribution < -0.4 is 14.4 Å². The number of aliphatic hydroxyl groups is 1. The molecule has 0 radical (unpaired) electrons. The minimum Gasteiger partial charge on any atom is -0.490 e. The average molecular weight is 659 g/mol. The number of benzene rings is 2. The Hall–Kier alpha value is -2.33. The highest BCUT2D eigenvalue weighted by Crippen LogP contribution is 2.49. The Morgan fingerprint density at radius 2 is 1.93 bits per heavy atom. The number of sulfonamides is 1. The number of hydrogen-bond acceptors (Lipinski definition) is 7. The van der Waals surface area contributed by atoms with Crippen LogP contribution in [0.25, 0.3) is 0 Å². The topological polar surface area (TPSA) is 105 Å². The Morgan fingerprint density at radius 1 is 1.11 bits per heavy atom. The highest BCUT2D eigenvalue weighted by molar-refractivity contribution is 7.90. The first kappa shape index (κ1) is 32.6. The van der Waals surface area contributed by atoms with Crippen LogP contribution in [-0.4, -0.2) is 63.2 Å². The van der Waals surface area contributed by atoms with E-state index in [1.165, 1.54) is 11.1 Å². The fourth-order valence-electron chi connectivity index (χ4n) is 8.23. The summed E-state index contributed by atoms with van der Waals surface area (Å²) in [7, 11) is -3.93. The van der Waals surface area contributed by atoms with Crippen LogP contribution in [0, 0.1) is 17.8 Å². The van der Waals surface area contributed by atoms with Gasteiger partial charge in [0.15, 0.2) is 0 Å². The number of nitrogens with zero attached hydrogens (tertiary/aromatic N) is 1. The van der Waals surface area contributed by atoms with Crippen molar-refractivity contribution >= 4 is 33.2 Å². The molecule has 6 atom stereocenters. The maximum Gasteiger partial charge on any atom is 0.264 e. The lowest BCUT2D eigenvalue weighted by Gasteiger charge is -2.50. The van der Waals surface area contributed by atoms with Crippen LogP contribution in [0.4, 0.5) is 5.69 Å². The fraction of sp³-hybridized carbons (Fsp3) is 0.629. The van der Waals surface area contributed by atoms with Crippen molar-refractivity contribution in [3.63, 3.8) is 0 Å². The molecule has 2 aliphatic carbocycles. The summed E-state index contributed by atoms with van der Waals surface area (Å²) in [6, 6.07) is 11.4. The van der Waals surface area contributed by atoms with Crippen LogP contribution in [0.3, 0.4) is 0 Å². The molecule has 2 aromatic carbocycles. The van der Waals surface area contributed by atoms with Crippen molar-refractivity contribution in [1.29, 1.82) is 0 Å². The van der Waals surface area contributed by atoms with E-state index in [1.807, 2.05) is 19.9 Å². The Kier molecular flexibility index (Phi) is 9.20. The average Bonchev–Trinajstić information content (AvgIpc) is 3.14. The van der Waals surface area contributed by atoms with E-state index in [2.05, 4.69) is 21.8 Å². The van der Waals surface area contributed by atoms with Crippen LogP contribution in [0.15, 0.2) is 36.4 Å². The van der Waals surface area contributed by atoms with Gasteiger partial charge in [0, 0.05) is 35.7 Å². The molecule has 0 aromatic heterocycles. The lowest BCUT2D eigenvalue weighted by Crippen LogP contribution is -2.54. The third kappa shape index (κ3) is 6.34. The number of amides is 1. The molecule has 6 rings (SSSR count). The molecule has 2 N–H and O–H groups in total. The highest BCUT2D eigenvalue weighted by atomic mass is 35.5. The Labute approximate surface area is 272 Å². The lowest BCUT2D eigenvalue weighted by molar-refractivity contribution is -0.131. The normalized spacial score (nSPS) is 33.2. The van der Waals surface area contributed by atoms with E-state index in [0.717, 1.165) is 42.8 Å². The van der Waals surface area contributed by atoms with Crippen LogP contribution in [0.1, 0.15) is 87.2 Å². The van der Waals surface area contributed by atoms with Crippen molar-refractivity contribution < 1.29 is 27.8 Å². The van der Waals surface area contributed by atoms with E-state index in [4.69, 9.17) is 21.1 Å². The van der Waals surface area contributed by atoms with Gasteiger partial charge in [-0.25, -0.2) is 13.1 Å². The summed E-state index contributed by atoms with van der Waals surface area (Å²) < 4.78 is 41.5. The van der Waals surface area contributed by atoms with Gasteiger partial charge < -0.3 is 19.5 Å². The first-order chi connectivity index (χ1) is 21.4. The Balaban J connectivity index is 1.43. The maximum atomic E-state index is 13.4. The van der Waals surface area contributed by atoms with Gasteiger partial charge in [-0.3, -0.25) is 4.79 Å². The first-order valence-electron chi connectivity index (χ1n) is 16.6. The van der Waals surface area contributed by atoms with E-state index in [1.54, 1.807) is 25.1 Å². The largest absolute Gasteiger partial charge is 0.490 e. The predicted octanol–water partition coefficient (Wildman–Crippen LogP) is 5.88. The number of halogens is 1. The molecular weight excluding hydrogens is 612 g/mol. The number of fused-ring (bicyclic) bond motifs is 4. The summed E-state index contributed by atoms with van der Waals surface area (Å²) in [5.41, 5.74) is 2.29. The van der Waals surface area contributed by atoms with Crippen molar-refractivity contribution in [2.75, 3.05) is 37.8 Å². The van der Waals surface area contributed by atoms with Gasteiger partial charge in [-0.2, -0.15) is 0 Å². The monoisotopic (exact) mass is 658 g/mol. The zero-order chi connectivity index (χ0) is 32.0. The first-order valence-corrected chi connectivity index (χ1v) is 18.5. The van der Waals surface area contributed by atoms with Crippen LogP contribution >= 0.6 is 11.6 Å². The Morgan fingerprint density at radius 3 is 2.69 bits per heavy atom. The number of anilines is 1. The summed E-state index contributed by atoms with van der Waals surface area (Å²) >= 11 is 6.42. The summed E-state index contributed by atoms with van der Waals surface area (Å²) in [6.07, 6.45) is 6.69. The molecule has 0 saturated heterocycles. The standard InChI is InChI=1S/C35H47ClN2O6S/c1-4-43-22-35(40)16-5-7-23(2)24(3)45(41,42)37-33(39)26-10-14-32-31(18-26)38(19-27-9-12-30(27)35)20-34(21-44-32)15-6-8-25-17-28(36)11-13-29(25)34/h10-11,13-14,17-18,23-24,27,30,40H,4-9,12,15-16,19-22H2,1-3H3,(H,37,39)/t23-,24+,27-,30+,34-,35-/m0/s1. The fourth-order valence-corrected chi connectivity index (χ4v) is 9.73. The number of ether oxygens (including phenoxy) is 2. The van der Waals surface area contributed by atoms with Gasteiger partial charge in [-0.1, -0.05) is 31.0 Å². The van der Waals surface area contributed by atoms with Gasteiger partial charge in [-0.05, 0) is 118 Å². The van der Waals surface area contributed by atoms with Crippen molar-refractivity contribution in [3.8, 4) is 5.75 Å². The second-order valence-electron chi connectivity index (χ2n) is 14.0. The van der Waals surface area contributed by atoms with Crippen LogP contribution in [0.2, 0.25) is 5.02 Å². The minimum absolute atomic E-state index is 0.0564. The maximum absolute atomic E-state index is 13.4. The smallest absolute Gasteiger partial charge is 0.264 e. The molecule has 10 heteroatoms. The van der Waals surface area contributed by atoms with E-state index in [0.29, 0.717) is 51.3 Å². The zero-order valence-electron chi connectivity index (χ0n) is 26.7.